The van der Waals surface area contributed by atoms with Crippen molar-refractivity contribution in [2.24, 2.45) is 0 Å². The van der Waals surface area contributed by atoms with Crippen LogP contribution in [0.5, 0.6) is 0 Å². The number of pyridine rings is 1. The number of hydrogen-bond donors (Lipinski definition) is 0. The summed E-state index contributed by atoms with van der Waals surface area (Å²) in [7, 11) is 0. The number of hydrogen-bond acceptors (Lipinski definition) is 2. The number of aromatic nitrogens is 1. The van der Waals surface area contributed by atoms with Crippen LogP contribution < -0.4 is 0 Å². The quantitative estimate of drug-likeness (QED) is 0.788. The summed E-state index contributed by atoms with van der Waals surface area (Å²) < 4.78 is 0. The Kier molecular flexibility index (Phi) is 3.37. The van der Waals surface area contributed by atoms with E-state index in [0.717, 1.165) is 12.1 Å². The first kappa shape index (κ1) is 11.8. The zero-order valence-corrected chi connectivity index (χ0v) is 11.5. The molecule has 0 fully saturated rings. The molecule has 1 aliphatic carbocycles. The molecule has 0 bridgehead atoms. The van der Waals surface area contributed by atoms with Gasteiger partial charge in [-0.05, 0) is 56.4 Å². The Morgan fingerprint density at radius 1 is 1.06 bits per heavy atom. The van der Waals surface area contributed by atoms with Crippen molar-refractivity contribution < 1.29 is 0 Å². The molecule has 18 heavy (non-hydrogen) atoms. The molecule has 0 saturated heterocycles. The second kappa shape index (κ2) is 5.15. The molecule has 0 N–H and O–H groups in total. The average molecular weight is 255 g/mol. The van der Waals surface area contributed by atoms with Gasteiger partial charge in [0.2, 0.25) is 0 Å². The zero-order chi connectivity index (χ0) is 12.4. The second-order valence-electron chi connectivity index (χ2n) is 4.81. The van der Waals surface area contributed by atoms with Crippen molar-refractivity contribution in [1.82, 2.24) is 4.98 Å². The van der Waals surface area contributed by atoms with Gasteiger partial charge in [0.1, 0.15) is 0 Å². The van der Waals surface area contributed by atoms with E-state index < -0.39 is 0 Å². The topological polar surface area (TPSA) is 12.9 Å². The number of rotatable bonds is 2. The maximum Gasteiger partial charge on any atom is 0.0450 e. The van der Waals surface area contributed by atoms with Gasteiger partial charge in [-0.1, -0.05) is 30.0 Å². The van der Waals surface area contributed by atoms with E-state index >= 15 is 0 Å². The van der Waals surface area contributed by atoms with Crippen LogP contribution in [0, 0.1) is 6.92 Å². The Bertz CT molecular complexity index is 549. The minimum absolute atomic E-state index is 1.15. The number of aryl methyl sites for hydroxylation is 2. The van der Waals surface area contributed by atoms with E-state index in [4.69, 9.17) is 4.98 Å². The molecular formula is C16H17NS. The van der Waals surface area contributed by atoms with Crippen molar-refractivity contribution in [3.8, 4) is 0 Å². The molecule has 0 radical (unpaired) electrons. The van der Waals surface area contributed by atoms with Crippen molar-refractivity contribution in [3.05, 3.63) is 53.3 Å². The van der Waals surface area contributed by atoms with Crippen LogP contribution in [0.15, 0.2) is 46.2 Å². The predicted molar refractivity (Wildman–Crippen MR) is 76.2 cm³/mol. The van der Waals surface area contributed by atoms with Crippen LogP contribution in [-0.2, 0) is 12.8 Å². The summed E-state index contributed by atoms with van der Waals surface area (Å²) in [5, 5.41) is 0. The lowest BCUT2D eigenvalue weighted by atomic mass is 9.96. The third kappa shape index (κ3) is 2.44. The van der Waals surface area contributed by atoms with Gasteiger partial charge in [-0.25, -0.2) is 0 Å². The highest BCUT2D eigenvalue weighted by Gasteiger charge is 2.15. The highest BCUT2D eigenvalue weighted by molar-refractivity contribution is 7.99. The van der Waals surface area contributed by atoms with E-state index in [0.29, 0.717) is 0 Å². The van der Waals surface area contributed by atoms with Crippen molar-refractivity contribution in [1.29, 1.82) is 0 Å². The van der Waals surface area contributed by atoms with Crippen LogP contribution in [0.4, 0.5) is 0 Å². The van der Waals surface area contributed by atoms with E-state index in [1.54, 1.807) is 0 Å². The molecule has 2 heteroatoms. The highest BCUT2D eigenvalue weighted by atomic mass is 32.2. The maximum atomic E-state index is 4.70. The zero-order valence-electron chi connectivity index (χ0n) is 10.6. The molecule has 92 valence electrons. The molecule has 1 aliphatic rings. The highest BCUT2D eigenvalue weighted by Crippen LogP contribution is 2.35. The number of fused-ring (bicyclic) bond motifs is 1. The van der Waals surface area contributed by atoms with Gasteiger partial charge in [0.15, 0.2) is 0 Å². The molecule has 1 aromatic carbocycles. The Morgan fingerprint density at radius 3 is 2.67 bits per heavy atom. The largest absolute Gasteiger partial charge is 0.258 e. The molecule has 0 unspecified atom stereocenters. The lowest BCUT2D eigenvalue weighted by molar-refractivity contribution is 0.654. The molecule has 0 aliphatic heterocycles. The van der Waals surface area contributed by atoms with Gasteiger partial charge in [0.05, 0.1) is 0 Å². The number of nitrogens with zero attached hydrogens (tertiary/aromatic N) is 1. The third-order valence-electron chi connectivity index (χ3n) is 3.36. The van der Waals surface area contributed by atoms with Gasteiger partial charge in [0.25, 0.3) is 0 Å². The first-order chi connectivity index (χ1) is 8.83. The van der Waals surface area contributed by atoms with Crippen LogP contribution >= 0.6 is 11.8 Å². The van der Waals surface area contributed by atoms with Crippen LogP contribution in [-0.4, -0.2) is 4.98 Å². The molecule has 1 nitrogen and oxygen atoms in total. The van der Waals surface area contributed by atoms with Crippen molar-refractivity contribution in [2.45, 2.75) is 42.4 Å². The molecule has 0 atom stereocenters. The van der Waals surface area contributed by atoms with E-state index in [9.17, 15) is 0 Å². The van der Waals surface area contributed by atoms with Crippen molar-refractivity contribution >= 4 is 11.8 Å². The maximum absolute atomic E-state index is 4.70. The Labute approximate surface area is 113 Å². The van der Waals surface area contributed by atoms with Crippen molar-refractivity contribution in [3.63, 3.8) is 0 Å². The minimum atomic E-state index is 1.15. The predicted octanol–water partition coefficient (Wildman–Crippen LogP) is 4.42. The van der Waals surface area contributed by atoms with Crippen LogP contribution in [0.3, 0.4) is 0 Å². The Hall–Kier alpha value is -1.28. The van der Waals surface area contributed by atoms with Gasteiger partial charge in [-0.15, -0.1) is 0 Å². The Morgan fingerprint density at radius 2 is 1.83 bits per heavy atom. The average Bonchev–Trinajstić information content (AvgIpc) is 2.40. The first-order valence-electron chi connectivity index (χ1n) is 6.55. The summed E-state index contributed by atoms with van der Waals surface area (Å²) >= 11 is 1.88. The Balaban J connectivity index is 1.98. The first-order valence-corrected chi connectivity index (χ1v) is 7.37. The fraction of sp³-hybridized carbons (Fsp3) is 0.312. The lowest BCUT2D eigenvalue weighted by Gasteiger charge is -2.19. The minimum Gasteiger partial charge on any atom is -0.258 e. The van der Waals surface area contributed by atoms with E-state index in [1.165, 1.54) is 40.3 Å². The summed E-state index contributed by atoms with van der Waals surface area (Å²) in [5.41, 5.74) is 3.97. The summed E-state index contributed by atoms with van der Waals surface area (Å²) in [4.78, 5) is 7.42. The van der Waals surface area contributed by atoms with Crippen LogP contribution in [0.2, 0.25) is 0 Å². The van der Waals surface area contributed by atoms with Gasteiger partial charge in [0, 0.05) is 21.2 Å². The van der Waals surface area contributed by atoms with Gasteiger partial charge < -0.3 is 0 Å². The fourth-order valence-electron chi connectivity index (χ4n) is 2.51. The van der Waals surface area contributed by atoms with E-state index in [2.05, 4.69) is 43.3 Å². The molecule has 1 heterocycles. The summed E-state index contributed by atoms with van der Waals surface area (Å²) in [6, 6.07) is 12.9. The summed E-state index contributed by atoms with van der Waals surface area (Å²) in [6.45, 7) is 2.10. The van der Waals surface area contributed by atoms with E-state index in [-0.39, 0.29) is 0 Å². The normalized spacial score (nSPS) is 14.3. The number of benzene rings is 1. The van der Waals surface area contributed by atoms with Crippen LogP contribution in [0.25, 0.3) is 0 Å². The fourth-order valence-corrected chi connectivity index (χ4v) is 3.63. The van der Waals surface area contributed by atoms with Gasteiger partial charge >= 0.3 is 0 Å². The van der Waals surface area contributed by atoms with Crippen molar-refractivity contribution in [2.75, 3.05) is 0 Å². The smallest absolute Gasteiger partial charge is 0.0450 e. The summed E-state index contributed by atoms with van der Waals surface area (Å²) in [5.74, 6) is 0. The summed E-state index contributed by atoms with van der Waals surface area (Å²) in [6.07, 6.45) is 4.94. The standard InChI is InChI=1S/C16H17NS/c1-12-11-16(18-13-7-3-2-4-8-13)14-9-5-6-10-15(14)17-12/h2-4,7-8,11H,5-6,9-10H2,1H3. The van der Waals surface area contributed by atoms with Crippen LogP contribution in [0.1, 0.15) is 29.8 Å². The molecule has 3 rings (SSSR count). The van der Waals surface area contributed by atoms with E-state index in [1.807, 2.05) is 11.8 Å². The molecule has 0 saturated carbocycles. The molecule has 1 aromatic heterocycles. The molecule has 2 aromatic rings. The monoisotopic (exact) mass is 255 g/mol. The third-order valence-corrected chi connectivity index (χ3v) is 4.45. The van der Waals surface area contributed by atoms with Gasteiger partial charge in [-0.3, -0.25) is 4.98 Å². The lowest BCUT2D eigenvalue weighted by Crippen LogP contribution is -2.07. The second-order valence-corrected chi connectivity index (χ2v) is 5.92. The van der Waals surface area contributed by atoms with Gasteiger partial charge in [-0.2, -0.15) is 0 Å². The molecule has 0 spiro atoms. The molecular weight excluding hydrogens is 238 g/mol. The molecule has 0 amide bonds. The SMILES string of the molecule is Cc1cc(Sc2ccccc2)c2c(n1)CCCC2.